The zero-order valence-corrected chi connectivity index (χ0v) is 19.4. The molecular formula is Ce2Mo3O12. The summed E-state index contributed by atoms with van der Waals surface area (Å²) in [6.07, 6.45) is 0. The third-order valence-electron chi connectivity index (χ3n) is 0. The van der Waals surface area contributed by atoms with Gasteiger partial charge < -0.3 is 0 Å². The summed E-state index contributed by atoms with van der Waals surface area (Å²) in [6, 6.07) is 0. The molecule has 0 fully saturated rings. The average molecular weight is 760 g/mol. The van der Waals surface area contributed by atoms with E-state index in [0.717, 1.165) is 0 Å². The molecular weight excluding hydrogens is 760 g/mol. The van der Waals surface area contributed by atoms with Crippen molar-refractivity contribution in [3.63, 3.8) is 0 Å². The van der Waals surface area contributed by atoms with Crippen molar-refractivity contribution < 1.29 is 177 Å². The van der Waals surface area contributed by atoms with Crippen LogP contribution in [0.5, 0.6) is 0 Å². The minimum atomic E-state index is -6.02. The predicted octanol–water partition coefficient (Wildman–Crippen LogP) is -7.85. The maximum atomic E-state index is 8.63. The van der Waals surface area contributed by atoms with Crippen LogP contribution in [0.1, 0.15) is 0 Å². The van der Waals surface area contributed by atoms with Gasteiger partial charge in [0.25, 0.3) is 0 Å². The summed E-state index contributed by atoms with van der Waals surface area (Å²) in [5, 5.41) is 0. The molecule has 0 heterocycles. The molecule has 0 aliphatic rings. The van der Waals surface area contributed by atoms with Crippen molar-refractivity contribution in [2.24, 2.45) is 0 Å². The topological polar surface area (TPSA) is 241 Å². The summed E-state index contributed by atoms with van der Waals surface area (Å²) in [7, 11) is 0. The van der Waals surface area contributed by atoms with Crippen LogP contribution >= 0.6 is 0 Å². The zero-order chi connectivity index (χ0) is 13.5. The molecule has 0 atom stereocenters. The standard InChI is InChI=1S/2Ce.3Mo.12O/q2*+3;;;;;;;;;;6*-1. The molecule has 17 heteroatoms. The van der Waals surface area contributed by atoms with Crippen LogP contribution in [0, 0.1) is 83.5 Å². The second-order valence-corrected chi connectivity index (χ2v) is 7.25. The first-order valence-corrected chi connectivity index (χ1v) is 11.8. The van der Waals surface area contributed by atoms with E-state index in [1.807, 2.05) is 0 Å². The Morgan fingerprint density at radius 1 is 0.412 bits per heavy atom. The van der Waals surface area contributed by atoms with E-state index in [1.54, 1.807) is 0 Å². The van der Waals surface area contributed by atoms with Crippen molar-refractivity contribution in [1.29, 1.82) is 0 Å². The zero-order valence-electron chi connectivity index (χ0n) is 7.12. The Kier molecular flexibility index (Phi) is 27.3. The molecule has 0 N–H and O–H groups in total. The molecule has 2 radical (unpaired) electrons. The second kappa shape index (κ2) is 14.3. The van der Waals surface area contributed by atoms with Crippen molar-refractivity contribution in [2.45, 2.75) is 0 Å². The molecule has 98 valence electrons. The summed E-state index contributed by atoms with van der Waals surface area (Å²) < 4.78 is 104. The van der Waals surface area contributed by atoms with Crippen molar-refractivity contribution in [2.75, 3.05) is 0 Å². The molecule has 0 amide bonds. The van der Waals surface area contributed by atoms with E-state index < -0.39 is 50.2 Å². The van der Waals surface area contributed by atoms with Crippen LogP contribution in [0.4, 0.5) is 0 Å². The van der Waals surface area contributed by atoms with E-state index in [2.05, 4.69) is 0 Å². The SMILES string of the molecule is [Ce+3].[Ce+3].[O]=[Mo](=[O])([O-])[O-].[O]=[Mo](=[O])([O-])[O-].[O]=[Mo](=[O])([O-])[O-]. The molecule has 0 saturated heterocycles. The summed E-state index contributed by atoms with van der Waals surface area (Å²) in [4.78, 5) is 0. The fourth-order valence-electron chi connectivity index (χ4n) is 0. The number of hydrogen-bond donors (Lipinski definition) is 0. The summed E-state index contributed by atoms with van der Waals surface area (Å²) in [5.41, 5.74) is 0. The molecule has 0 aromatic heterocycles. The molecule has 0 aliphatic carbocycles. The molecule has 0 aromatic carbocycles. The van der Waals surface area contributed by atoms with Gasteiger partial charge in [-0.2, -0.15) is 0 Å². The Balaban J connectivity index is -0.0000000400. The molecule has 17 heavy (non-hydrogen) atoms. The molecule has 0 unspecified atom stereocenters. The molecule has 0 saturated carbocycles. The van der Waals surface area contributed by atoms with E-state index >= 15 is 0 Å². The summed E-state index contributed by atoms with van der Waals surface area (Å²) in [6.45, 7) is 0. The van der Waals surface area contributed by atoms with Gasteiger partial charge in [-0.15, -0.1) is 0 Å². The summed E-state index contributed by atoms with van der Waals surface area (Å²) in [5.74, 6) is 0. The van der Waals surface area contributed by atoms with Gasteiger partial charge in [-0.1, -0.05) is 0 Å². The molecule has 0 bridgehead atoms. The van der Waals surface area contributed by atoms with Gasteiger partial charge in [-0.25, -0.2) is 0 Å². The van der Waals surface area contributed by atoms with Crippen molar-refractivity contribution in [3.8, 4) is 0 Å². The first kappa shape index (κ1) is 32.4. The van der Waals surface area contributed by atoms with Crippen LogP contribution in [-0.2, 0) is 70.6 Å². The number of rotatable bonds is 0. The van der Waals surface area contributed by atoms with Crippen LogP contribution in [0.3, 0.4) is 0 Å². The Hall–Kier alpha value is 3.38. The van der Waals surface area contributed by atoms with E-state index in [0.29, 0.717) is 0 Å². The van der Waals surface area contributed by atoms with Crippen LogP contribution in [0.25, 0.3) is 0 Å². The fourth-order valence-corrected chi connectivity index (χ4v) is 0. The molecule has 0 aliphatic heterocycles. The molecule has 12 nitrogen and oxygen atoms in total. The Bertz CT molecular complexity index is 341. The maximum absolute atomic E-state index is 8.63. The first-order chi connectivity index (χ1) is 6.00. The molecule has 0 aromatic rings. The van der Waals surface area contributed by atoms with Crippen molar-refractivity contribution in [1.82, 2.24) is 0 Å². The van der Waals surface area contributed by atoms with Crippen LogP contribution < -0.4 is 22.6 Å². The van der Waals surface area contributed by atoms with Crippen molar-refractivity contribution >= 4 is 0 Å². The monoisotopic (exact) mass is 765 g/mol. The van der Waals surface area contributed by atoms with E-state index in [-0.39, 0.29) is 83.5 Å². The predicted molar refractivity (Wildman–Crippen MR) is 4.12 cm³/mol. The van der Waals surface area contributed by atoms with Crippen LogP contribution in [0.2, 0.25) is 0 Å². The number of hydrogen-bond acceptors (Lipinski definition) is 12. The van der Waals surface area contributed by atoms with Gasteiger partial charge in [-0.3, -0.25) is 0 Å². The quantitative estimate of drug-likeness (QED) is 0.209. The van der Waals surface area contributed by atoms with Gasteiger partial charge >= 0.3 is 177 Å². The van der Waals surface area contributed by atoms with Gasteiger partial charge in [0.15, 0.2) is 0 Å². The van der Waals surface area contributed by atoms with Gasteiger partial charge in [-0.05, 0) is 0 Å². The average Bonchev–Trinajstić information content (AvgIpc) is 1.41. The molecule has 0 spiro atoms. The van der Waals surface area contributed by atoms with E-state index in [1.165, 1.54) is 0 Å². The van der Waals surface area contributed by atoms with E-state index in [9.17, 15) is 0 Å². The van der Waals surface area contributed by atoms with Gasteiger partial charge in [0, 0.05) is 0 Å². The minimum absolute atomic E-state index is 0. The van der Waals surface area contributed by atoms with Crippen LogP contribution in [0.15, 0.2) is 0 Å². The molecule has 0 rings (SSSR count). The van der Waals surface area contributed by atoms with Crippen molar-refractivity contribution in [3.05, 3.63) is 0 Å². The summed E-state index contributed by atoms with van der Waals surface area (Å²) >= 11 is -18.1. The van der Waals surface area contributed by atoms with E-state index in [4.69, 9.17) is 42.9 Å². The van der Waals surface area contributed by atoms with Crippen LogP contribution in [-0.4, -0.2) is 0 Å². The third kappa shape index (κ3) is 513. The van der Waals surface area contributed by atoms with Gasteiger partial charge in [0.1, 0.15) is 0 Å². The van der Waals surface area contributed by atoms with Gasteiger partial charge in [0.2, 0.25) is 0 Å². The normalized spacial score (nSPS) is 10.2. The Morgan fingerprint density at radius 2 is 0.412 bits per heavy atom. The first-order valence-electron chi connectivity index (χ1n) is 2.00. The fraction of sp³-hybridized carbons (Fsp3) is 0. The van der Waals surface area contributed by atoms with Gasteiger partial charge in [0.05, 0.1) is 0 Å². The second-order valence-electron chi connectivity index (χ2n) is 1.22. The Morgan fingerprint density at radius 3 is 0.412 bits per heavy atom. The third-order valence-corrected chi connectivity index (χ3v) is 0. The Labute approximate surface area is 172 Å².